The maximum Gasteiger partial charge on any atom is 0.211 e. The number of hydrogen-bond donors (Lipinski definition) is 2. The van der Waals surface area contributed by atoms with Crippen LogP contribution >= 0.6 is 0 Å². The van der Waals surface area contributed by atoms with Crippen LogP contribution in [-0.4, -0.2) is 33.8 Å². The largest absolute Gasteiger partial charge is 0.316 e. The first kappa shape index (κ1) is 14.3. The van der Waals surface area contributed by atoms with Crippen LogP contribution in [0.25, 0.3) is 0 Å². The Kier molecular flexibility index (Phi) is 4.67. The minimum atomic E-state index is -3.08. The van der Waals surface area contributed by atoms with Crippen molar-refractivity contribution in [2.24, 2.45) is 11.3 Å². The quantitative estimate of drug-likeness (QED) is 0.798. The highest BCUT2D eigenvalue weighted by Gasteiger charge is 2.29. The summed E-state index contributed by atoms with van der Waals surface area (Å²) in [7, 11) is -3.08. The predicted molar refractivity (Wildman–Crippen MR) is 74.0 cm³/mol. The molecule has 18 heavy (non-hydrogen) atoms. The second-order valence-corrected chi connectivity index (χ2v) is 8.20. The number of nitrogens with one attached hydrogen (secondary N) is 2. The Morgan fingerprint density at radius 2 is 2.00 bits per heavy atom. The summed E-state index contributed by atoms with van der Waals surface area (Å²) < 4.78 is 26.9. The van der Waals surface area contributed by atoms with Crippen molar-refractivity contribution in [2.75, 3.05) is 25.4 Å². The fraction of sp³-hybridized carbons (Fsp3) is 1.00. The van der Waals surface area contributed by atoms with Crippen molar-refractivity contribution in [2.45, 2.75) is 45.4 Å². The van der Waals surface area contributed by atoms with Crippen molar-refractivity contribution in [3.63, 3.8) is 0 Å². The van der Waals surface area contributed by atoms with E-state index in [1.807, 2.05) is 0 Å². The minimum Gasteiger partial charge on any atom is -0.316 e. The molecule has 0 radical (unpaired) electrons. The maximum atomic E-state index is 12.0. The zero-order valence-corrected chi connectivity index (χ0v) is 12.2. The lowest BCUT2D eigenvalue weighted by Crippen LogP contribution is -2.46. The van der Waals surface area contributed by atoms with E-state index in [0.717, 1.165) is 38.8 Å². The Morgan fingerprint density at radius 1 is 1.28 bits per heavy atom. The molecule has 2 aliphatic rings. The van der Waals surface area contributed by atoms with E-state index in [-0.39, 0.29) is 5.41 Å². The van der Waals surface area contributed by atoms with Crippen LogP contribution in [0.5, 0.6) is 0 Å². The van der Waals surface area contributed by atoms with Crippen LogP contribution in [-0.2, 0) is 10.0 Å². The van der Waals surface area contributed by atoms with E-state index in [9.17, 15) is 8.42 Å². The van der Waals surface area contributed by atoms with Gasteiger partial charge in [0.25, 0.3) is 0 Å². The number of piperidine rings is 1. The molecule has 106 valence electrons. The molecule has 1 unspecified atom stereocenters. The van der Waals surface area contributed by atoms with E-state index in [1.165, 1.54) is 12.8 Å². The van der Waals surface area contributed by atoms with Crippen molar-refractivity contribution in [3.8, 4) is 0 Å². The SMILES string of the molecule is CC1(CNS(=O)(=O)CC2CCCC2)CCCNC1. The highest BCUT2D eigenvalue weighted by Crippen LogP contribution is 2.27. The van der Waals surface area contributed by atoms with Crippen molar-refractivity contribution < 1.29 is 8.42 Å². The van der Waals surface area contributed by atoms with Gasteiger partial charge in [-0.3, -0.25) is 0 Å². The van der Waals surface area contributed by atoms with Gasteiger partial charge in [-0.15, -0.1) is 0 Å². The fourth-order valence-electron chi connectivity index (χ4n) is 3.10. The first-order valence-corrected chi connectivity index (χ1v) is 8.82. The molecule has 1 atom stereocenters. The summed E-state index contributed by atoms with van der Waals surface area (Å²) in [6.45, 7) is 4.72. The van der Waals surface area contributed by atoms with Gasteiger partial charge in [-0.1, -0.05) is 19.8 Å². The molecule has 5 heteroatoms. The molecule has 4 nitrogen and oxygen atoms in total. The van der Waals surface area contributed by atoms with E-state index in [0.29, 0.717) is 18.2 Å². The first-order valence-electron chi connectivity index (χ1n) is 7.17. The van der Waals surface area contributed by atoms with Gasteiger partial charge in [0.05, 0.1) is 5.75 Å². The lowest BCUT2D eigenvalue weighted by molar-refractivity contribution is 0.238. The molecule has 0 spiro atoms. The summed E-state index contributed by atoms with van der Waals surface area (Å²) in [6, 6.07) is 0. The third-order valence-corrected chi connectivity index (χ3v) is 5.83. The molecule has 2 N–H and O–H groups in total. The second-order valence-electron chi connectivity index (χ2n) is 6.34. The maximum absolute atomic E-state index is 12.0. The van der Waals surface area contributed by atoms with Gasteiger partial charge >= 0.3 is 0 Å². The average Bonchev–Trinajstić information content (AvgIpc) is 2.80. The minimum absolute atomic E-state index is 0.0843. The zero-order chi connectivity index (χ0) is 13.1. The highest BCUT2D eigenvalue weighted by molar-refractivity contribution is 7.89. The van der Waals surface area contributed by atoms with E-state index in [1.54, 1.807) is 0 Å². The van der Waals surface area contributed by atoms with Crippen LogP contribution in [0.2, 0.25) is 0 Å². The van der Waals surface area contributed by atoms with Gasteiger partial charge in [0.15, 0.2) is 0 Å². The summed E-state index contributed by atoms with van der Waals surface area (Å²) in [4.78, 5) is 0. The Hall–Kier alpha value is -0.130. The van der Waals surface area contributed by atoms with Gasteiger partial charge in [0.1, 0.15) is 0 Å². The average molecular weight is 274 g/mol. The molecule has 2 rings (SSSR count). The van der Waals surface area contributed by atoms with Crippen molar-refractivity contribution in [1.29, 1.82) is 0 Å². The fourth-order valence-corrected chi connectivity index (χ4v) is 4.74. The van der Waals surface area contributed by atoms with E-state index in [4.69, 9.17) is 0 Å². The molecule has 0 aromatic heterocycles. The van der Waals surface area contributed by atoms with Crippen LogP contribution < -0.4 is 10.0 Å². The zero-order valence-electron chi connectivity index (χ0n) is 11.4. The van der Waals surface area contributed by atoms with Crippen molar-refractivity contribution >= 4 is 10.0 Å². The van der Waals surface area contributed by atoms with Crippen LogP contribution in [0.4, 0.5) is 0 Å². The Morgan fingerprint density at radius 3 is 2.61 bits per heavy atom. The van der Waals surface area contributed by atoms with Crippen molar-refractivity contribution in [3.05, 3.63) is 0 Å². The van der Waals surface area contributed by atoms with Crippen molar-refractivity contribution in [1.82, 2.24) is 10.0 Å². The van der Waals surface area contributed by atoms with E-state index < -0.39 is 10.0 Å². The van der Waals surface area contributed by atoms with Gasteiger partial charge in [-0.05, 0) is 43.6 Å². The molecule has 1 aliphatic carbocycles. The number of rotatable bonds is 5. The third kappa shape index (κ3) is 4.21. The molecule has 1 saturated carbocycles. The Bertz CT molecular complexity index is 355. The summed E-state index contributed by atoms with van der Waals surface area (Å²) in [5.74, 6) is 0.719. The van der Waals surface area contributed by atoms with Crippen LogP contribution in [0, 0.1) is 11.3 Å². The van der Waals surface area contributed by atoms with Crippen LogP contribution in [0.3, 0.4) is 0 Å². The monoisotopic (exact) mass is 274 g/mol. The molecule has 1 heterocycles. The summed E-state index contributed by atoms with van der Waals surface area (Å²) in [6.07, 6.45) is 6.80. The van der Waals surface area contributed by atoms with Gasteiger partial charge < -0.3 is 5.32 Å². The number of sulfonamides is 1. The number of hydrogen-bond acceptors (Lipinski definition) is 3. The molecular weight excluding hydrogens is 248 g/mol. The molecule has 1 aliphatic heterocycles. The standard InChI is InChI=1S/C13H26N2O2S/c1-13(7-4-8-14-10-13)11-15-18(16,17)9-12-5-2-3-6-12/h12,14-15H,2-11H2,1H3. The summed E-state index contributed by atoms with van der Waals surface area (Å²) in [5.41, 5.74) is 0.0843. The molecule has 0 amide bonds. The third-order valence-electron chi connectivity index (χ3n) is 4.33. The predicted octanol–water partition coefficient (Wildman–Crippen LogP) is 1.49. The molecule has 2 fully saturated rings. The Balaban J connectivity index is 1.80. The van der Waals surface area contributed by atoms with E-state index >= 15 is 0 Å². The first-order chi connectivity index (χ1) is 8.49. The second kappa shape index (κ2) is 5.88. The summed E-state index contributed by atoms with van der Waals surface area (Å²) >= 11 is 0. The van der Waals surface area contributed by atoms with Gasteiger partial charge in [-0.2, -0.15) is 0 Å². The molecule has 0 aromatic carbocycles. The summed E-state index contributed by atoms with van der Waals surface area (Å²) in [5, 5.41) is 3.35. The highest BCUT2D eigenvalue weighted by atomic mass is 32.2. The molecule has 0 bridgehead atoms. The topological polar surface area (TPSA) is 58.2 Å². The molecule has 0 aromatic rings. The lowest BCUT2D eigenvalue weighted by Gasteiger charge is -2.34. The van der Waals surface area contributed by atoms with Gasteiger partial charge in [0.2, 0.25) is 10.0 Å². The van der Waals surface area contributed by atoms with Crippen LogP contribution in [0.1, 0.15) is 45.4 Å². The van der Waals surface area contributed by atoms with Gasteiger partial charge in [0, 0.05) is 13.1 Å². The molecular formula is C13H26N2O2S. The smallest absolute Gasteiger partial charge is 0.211 e. The molecule has 1 saturated heterocycles. The van der Waals surface area contributed by atoms with Gasteiger partial charge in [-0.25, -0.2) is 13.1 Å². The normalized spacial score (nSPS) is 30.7. The van der Waals surface area contributed by atoms with Crippen LogP contribution in [0.15, 0.2) is 0 Å². The van der Waals surface area contributed by atoms with E-state index in [2.05, 4.69) is 17.0 Å². The lowest BCUT2D eigenvalue weighted by atomic mass is 9.83. The Labute approximate surface area is 111 Å².